The zero-order valence-corrected chi connectivity index (χ0v) is 11.9. The van der Waals surface area contributed by atoms with E-state index in [1.54, 1.807) is 0 Å². The van der Waals surface area contributed by atoms with Gasteiger partial charge in [0.1, 0.15) is 5.56 Å². The van der Waals surface area contributed by atoms with Gasteiger partial charge >= 0.3 is 12.1 Å². The summed E-state index contributed by atoms with van der Waals surface area (Å²) in [6.45, 7) is 0. The number of ether oxygens (including phenoxy) is 2. The summed E-state index contributed by atoms with van der Waals surface area (Å²) in [4.78, 5) is 17.3. The SMILES string of the molecule is COC1OC(=O)c2cccnc2N1c1cccc(C(F)(F)F)c1. The van der Waals surface area contributed by atoms with E-state index in [2.05, 4.69) is 4.98 Å². The molecule has 0 aliphatic carbocycles. The van der Waals surface area contributed by atoms with Crippen LogP contribution in [0.25, 0.3) is 0 Å². The van der Waals surface area contributed by atoms with Crippen molar-refractivity contribution in [1.82, 2.24) is 4.98 Å². The molecule has 0 N–H and O–H groups in total. The van der Waals surface area contributed by atoms with E-state index >= 15 is 0 Å². The summed E-state index contributed by atoms with van der Waals surface area (Å²) in [6, 6.07) is 7.65. The number of fused-ring (bicyclic) bond motifs is 1. The topological polar surface area (TPSA) is 51.7 Å². The van der Waals surface area contributed by atoms with Crippen molar-refractivity contribution in [2.75, 3.05) is 12.0 Å². The molecule has 0 bridgehead atoms. The van der Waals surface area contributed by atoms with Gasteiger partial charge < -0.3 is 9.47 Å². The van der Waals surface area contributed by atoms with E-state index < -0.39 is 24.1 Å². The van der Waals surface area contributed by atoms with Crippen LogP contribution in [0, 0.1) is 0 Å². The van der Waals surface area contributed by atoms with E-state index in [4.69, 9.17) is 9.47 Å². The molecule has 23 heavy (non-hydrogen) atoms. The number of esters is 1. The van der Waals surface area contributed by atoms with Crippen molar-refractivity contribution >= 4 is 17.5 Å². The Labute approximate surface area is 129 Å². The van der Waals surface area contributed by atoms with Gasteiger partial charge in [0.25, 0.3) is 6.41 Å². The predicted molar refractivity (Wildman–Crippen MR) is 74.0 cm³/mol. The van der Waals surface area contributed by atoms with Crippen molar-refractivity contribution in [1.29, 1.82) is 0 Å². The number of alkyl halides is 3. The number of carbonyl (C=O) groups is 1. The number of benzene rings is 1. The molecule has 120 valence electrons. The maximum atomic E-state index is 12.9. The second-order valence-electron chi connectivity index (χ2n) is 4.74. The first-order valence-electron chi connectivity index (χ1n) is 6.57. The third-order valence-electron chi connectivity index (χ3n) is 3.31. The molecule has 5 nitrogen and oxygen atoms in total. The molecule has 1 aromatic carbocycles. The molecule has 1 atom stereocenters. The van der Waals surface area contributed by atoms with Gasteiger partial charge in [-0.05, 0) is 30.3 Å². The number of hydrogen-bond acceptors (Lipinski definition) is 5. The summed E-state index contributed by atoms with van der Waals surface area (Å²) < 4.78 is 48.9. The first-order valence-corrected chi connectivity index (χ1v) is 6.57. The number of nitrogens with zero attached hydrogens (tertiary/aromatic N) is 2. The number of rotatable bonds is 2. The fourth-order valence-corrected chi connectivity index (χ4v) is 2.29. The van der Waals surface area contributed by atoms with Crippen molar-refractivity contribution in [3.05, 3.63) is 53.7 Å². The van der Waals surface area contributed by atoms with E-state index in [0.717, 1.165) is 12.1 Å². The van der Waals surface area contributed by atoms with Crippen LogP contribution in [-0.2, 0) is 15.7 Å². The lowest BCUT2D eigenvalue weighted by Crippen LogP contribution is -2.42. The Kier molecular flexibility index (Phi) is 3.69. The zero-order valence-electron chi connectivity index (χ0n) is 11.9. The van der Waals surface area contributed by atoms with Crippen molar-refractivity contribution in [2.24, 2.45) is 0 Å². The summed E-state index contributed by atoms with van der Waals surface area (Å²) >= 11 is 0. The highest BCUT2D eigenvalue weighted by Gasteiger charge is 2.37. The van der Waals surface area contributed by atoms with Gasteiger partial charge in [0.15, 0.2) is 5.82 Å². The predicted octanol–water partition coefficient (Wildman–Crippen LogP) is 3.34. The third-order valence-corrected chi connectivity index (χ3v) is 3.31. The van der Waals surface area contributed by atoms with Crippen LogP contribution in [0.3, 0.4) is 0 Å². The van der Waals surface area contributed by atoms with E-state index in [0.29, 0.717) is 0 Å². The van der Waals surface area contributed by atoms with Crippen LogP contribution >= 0.6 is 0 Å². The molecule has 1 aliphatic heterocycles. The van der Waals surface area contributed by atoms with Crippen LogP contribution < -0.4 is 4.90 Å². The molecule has 1 aromatic heterocycles. The molecule has 3 rings (SSSR count). The number of cyclic esters (lactones) is 1. The Morgan fingerprint density at radius 1 is 1.26 bits per heavy atom. The largest absolute Gasteiger partial charge is 0.416 e. The van der Waals surface area contributed by atoms with Crippen molar-refractivity contribution in [3.63, 3.8) is 0 Å². The average molecular weight is 324 g/mol. The smallest absolute Gasteiger partial charge is 0.412 e. The molecule has 0 radical (unpaired) electrons. The number of pyridine rings is 1. The number of hydrogen-bond donors (Lipinski definition) is 0. The second kappa shape index (κ2) is 5.54. The molecule has 0 amide bonds. The summed E-state index contributed by atoms with van der Waals surface area (Å²) in [7, 11) is 1.28. The third kappa shape index (κ3) is 2.72. The van der Waals surface area contributed by atoms with Crippen LogP contribution in [0.5, 0.6) is 0 Å². The number of halogens is 3. The maximum absolute atomic E-state index is 12.9. The highest BCUT2D eigenvalue weighted by Crippen LogP contribution is 2.37. The fraction of sp³-hybridized carbons (Fsp3) is 0.200. The number of anilines is 2. The second-order valence-corrected chi connectivity index (χ2v) is 4.74. The van der Waals surface area contributed by atoms with Crippen molar-refractivity contribution < 1.29 is 27.4 Å². The summed E-state index contributed by atoms with van der Waals surface area (Å²) in [6.07, 6.45) is -4.25. The summed E-state index contributed by atoms with van der Waals surface area (Å²) in [5.74, 6) is -0.474. The molecular weight excluding hydrogens is 313 g/mol. The molecule has 0 saturated carbocycles. The number of methoxy groups -OCH3 is 1. The summed E-state index contributed by atoms with van der Waals surface area (Å²) in [5, 5.41) is 0. The lowest BCUT2D eigenvalue weighted by atomic mass is 10.1. The minimum atomic E-state index is -4.49. The molecule has 0 saturated heterocycles. The van der Waals surface area contributed by atoms with Crippen molar-refractivity contribution in [2.45, 2.75) is 12.6 Å². The van der Waals surface area contributed by atoms with Gasteiger partial charge in [-0.15, -0.1) is 0 Å². The van der Waals surface area contributed by atoms with Gasteiger partial charge in [-0.2, -0.15) is 13.2 Å². The van der Waals surface area contributed by atoms with E-state index in [9.17, 15) is 18.0 Å². The Morgan fingerprint density at radius 2 is 2.04 bits per heavy atom. The van der Waals surface area contributed by atoms with Crippen LogP contribution in [0.1, 0.15) is 15.9 Å². The van der Waals surface area contributed by atoms with E-state index in [-0.39, 0.29) is 17.1 Å². The average Bonchev–Trinajstić information content (AvgIpc) is 2.54. The standard InChI is InChI=1S/C15H11F3N2O3/c1-22-14-20(10-5-2-4-9(8-10)15(16,17)18)12-11(13(21)23-14)6-3-7-19-12/h2-8,14H,1H3. The molecule has 8 heteroatoms. The Morgan fingerprint density at radius 3 is 2.74 bits per heavy atom. The van der Waals surface area contributed by atoms with Gasteiger partial charge in [-0.25, -0.2) is 9.78 Å². The quantitative estimate of drug-likeness (QED) is 0.793. The van der Waals surface area contributed by atoms with Crippen molar-refractivity contribution in [3.8, 4) is 0 Å². The Balaban J connectivity index is 2.13. The van der Waals surface area contributed by atoms with E-state index in [1.807, 2.05) is 0 Å². The highest BCUT2D eigenvalue weighted by atomic mass is 19.4. The monoisotopic (exact) mass is 324 g/mol. The van der Waals surface area contributed by atoms with Crippen LogP contribution in [0.4, 0.5) is 24.7 Å². The molecule has 2 heterocycles. The fourth-order valence-electron chi connectivity index (χ4n) is 2.29. The zero-order chi connectivity index (χ0) is 16.6. The summed E-state index contributed by atoms with van der Waals surface area (Å²) in [5.41, 5.74) is -0.517. The molecule has 1 unspecified atom stereocenters. The maximum Gasteiger partial charge on any atom is 0.416 e. The van der Waals surface area contributed by atoms with Gasteiger partial charge in [0, 0.05) is 19.0 Å². The molecule has 2 aromatic rings. The van der Waals surface area contributed by atoms with Gasteiger partial charge in [-0.3, -0.25) is 4.90 Å². The minimum absolute atomic E-state index is 0.151. The Hall–Kier alpha value is -2.61. The molecular formula is C15H11F3N2O3. The molecule has 0 fully saturated rings. The molecule has 1 aliphatic rings. The highest BCUT2D eigenvalue weighted by molar-refractivity contribution is 5.97. The number of aromatic nitrogens is 1. The Bertz CT molecular complexity index is 749. The first-order chi connectivity index (χ1) is 10.9. The van der Waals surface area contributed by atoms with Crippen LogP contribution in [0.2, 0.25) is 0 Å². The van der Waals surface area contributed by atoms with Crippen LogP contribution in [-0.4, -0.2) is 24.5 Å². The van der Waals surface area contributed by atoms with Gasteiger partial charge in [0.2, 0.25) is 0 Å². The minimum Gasteiger partial charge on any atom is -0.412 e. The van der Waals surface area contributed by atoms with Gasteiger partial charge in [-0.1, -0.05) is 6.07 Å². The van der Waals surface area contributed by atoms with E-state index in [1.165, 1.54) is 42.5 Å². The molecule has 0 spiro atoms. The normalized spacial score (nSPS) is 17.7. The number of carbonyl (C=O) groups excluding carboxylic acids is 1. The van der Waals surface area contributed by atoms with Gasteiger partial charge in [0.05, 0.1) is 5.56 Å². The van der Waals surface area contributed by atoms with Crippen LogP contribution in [0.15, 0.2) is 42.6 Å². The first kappa shape index (κ1) is 15.3. The lowest BCUT2D eigenvalue weighted by Gasteiger charge is -2.35. The lowest BCUT2D eigenvalue weighted by molar-refractivity contribution is -0.137.